The standard InChI is InChI=1S/C36H36F6/c1-5-26(19-33(39)25(4)29-15-18-32(38)36(42)22-29)9-7-6-8-10-27-13-16-30(34(40)20-27)24(3)12-11-23(2)28-14-17-31(37)35(41)21-28/h11-14,16-17,19-22H,2-3,5-10,15,18H2,1,4H3/b12-11-,26-19+,33-25-. The van der Waals surface area contributed by atoms with E-state index in [0.29, 0.717) is 52.7 Å². The van der Waals surface area contributed by atoms with Crippen molar-refractivity contribution in [2.75, 3.05) is 0 Å². The molecule has 1 aliphatic carbocycles. The number of rotatable bonds is 13. The fraction of sp³-hybridized carbons (Fsp3) is 0.278. The van der Waals surface area contributed by atoms with Crippen LogP contribution in [-0.2, 0) is 6.42 Å². The summed E-state index contributed by atoms with van der Waals surface area (Å²) in [6, 6.07) is 8.51. The summed E-state index contributed by atoms with van der Waals surface area (Å²) in [5.74, 6) is -4.45. The van der Waals surface area contributed by atoms with Crippen LogP contribution >= 0.6 is 0 Å². The molecule has 42 heavy (non-hydrogen) atoms. The quantitative estimate of drug-likeness (QED) is 0.125. The second-order valence-corrected chi connectivity index (χ2v) is 10.4. The van der Waals surface area contributed by atoms with Gasteiger partial charge < -0.3 is 0 Å². The van der Waals surface area contributed by atoms with E-state index in [9.17, 15) is 26.3 Å². The fourth-order valence-corrected chi connectivity index (χ4v) is 4.67. The molecule has 0 N–H and O–H groups in total. The molecular weight excluding hydrogens is 546 g/mol. The molecule has 0 radical (unpaired) electrons. The zero-order chi connectivity index (χ0) is 30.8. The van der Waals surface area contributed by atoms with Gasteiger partial charge >= 0.3 is 0 Å². The van der Waals surface area contributed by atoms with Crippen LogP contribution in [0.25, 0.3) is 11.1 Å². The van der Waals surface area contributed by atoms with Crippen molar-refractivity contribution in [2.24, 2.45) is 0 Å². The molecule has 0 fully saturated rings. The van der Waals surface area contributed by atoms with E-state index >= 15 is 0 Å². The molecule has 3 rings (SSSR count). The Balaban J connectivity index is 1.50. The van der Waals surface area contributed by atoms with Crippen molar-refractivity contribution in [3.05, 3.63) is 142 Å². The van der Waals surface area contributed by atoms with Crippen molar-refractivity contribution < 1.29 is 26.3 Å². The third-order valence-electron chi connectivity index (χ3n) is 7.42. The van der Waals surface area contributed by atoms with E-state index < -0.39 is 34.9 Å². The lowest BCUT2D eigenvalue weighted by Gasteiger charge is -2.13. The van der Waals surface area contributed by atoms with Crippen molar-refractivity contribution in [3.8, 4) is 0 Å². The number of hydrogen-bond donors (Lipinski definition) is 0. The van der Waals surface area contributed by atoms with E-state index in [2.05, 4.69) is 13.2 Å². The van der Waals surface area contributed by atoms with Crippen molar-refractivity contribution in [2.45, 2.75) is 65.2 Å². The normalized spacial score (nSPS) is 14.8. The molecule has 6 heteroatoms. The average Bonchev–Trinajstić information content (AvgIpc) is 2.97. The van der Waals surface area contributed by atoms with E-state index in [1.54, 1.807) is 25.1 Å². The van der Waals surface area contributed by atoms with Gasteiger partial charge in [-0.25, -0.2) is 26.3 Å². The Kier molecular flexibility index (Phi) is 12.0. The van der Waals surface area contributed by atoms with E-state index in [-0.39, 0.29) is 12.8 Å². The fourth-order valence-electron chi connectivity index (χ4n) is 4.67. The van der Waals surface area contributed by atoms with Gasteiger partial charge in [-0.1, -0.05) is 62.4 Å². The number of hydrogen-bond acceptors (Lipinski definition) is 0. The minimum absolute atomic E-state index is 0.0523. The molecule has 0 nitrogen and oxygen atoms in total. The predicted octanol–water partition coefficient (Wildman–Crippen LogP) is 11.9. The maximum Gasteiger partial charge on any atom is 0.159 e. The van der Waals surface area contributed by atoms with Crippen molar-refractivity contribution in [1.82, 2.24) is 0 Å². The molecular formula is C36H36F6. The molecule has 0 heterocycles. The van der Waals surface area contributed by atoms with Gasteiger partial charge in [-0.15, -0.1) is 0 Å². The highest BCUT2D eigenvalue weighted by atomic mass is 19.2. The monoisotopic (exact) mass is 582 g/mol. The summed E-state index contributed by atoms with van der Waals surface area (Å²) in [7, 11) is 0. The first-order valence-electron chi connectivity index (χ1n) is 14.1. The Morgan fingerprint density at radius 3 is 2.24 bits per heavy atom. The van der Waals surface area contributed by atoms with Crippen LogP contribution < -0.4 is 0 Å². The van der Waals surface area contributed by atoms with Crippen LogP contribution in [0, 0.1) is 17.5 Å². The second kappa shape index (κ2) is 15.4. The predicted molar refractivity (Wildman–Crippen MR) is 161 cm³/mol. The minimum atomic E-state index is -0.967. The summed E-state index contributed by atoms with van der Waals surface area (Å²) >= 11 is 0. The maximum absolute atomic E-state index is 14.8. The van der Waals surface area contributed by atoms with E-state index in [1.807, 2.05) is 13.0 Å². The lowest BCUT2D eigenvalue weighted by atomic mass is 9.95. The maximum atomic E-state index is 14.8. The first-order valence-corrected chi connectivity index (χ1v) is 14.1. The highest BCUT2D eigenvalue weighted by Gasteiger charge is 2.16. The minimum Gasteiger partial charge on any atom is -0.209 e. The van der Waals surface area contributed by atoms with Crippen LogP contribution in [0.15, 0.2) is 108 Å². The van der Waals surface area contributed by atoms with E-state index in [4.69, 9.17) is 0 Å². The van der Waals surface area contributed by atoms with Crippen LogP contribution in [0.2, 0.25) is 0 Å². The Morgan fingerprint density at radius 2 is 1.57 bits per heavy atom. The third kappa shape index (κ3) is 9.10. The summed E-state index contributed by atoms with van der Waals surface area (Å²) in [4.78, 5) is 0. The van der Waals surface area contributed by atoms with Crippen LogP contribution in [0.1, 0.15) is 75.5 Å². The molecule has 0 bridgehead atoms. The largest absolute Gasteiger partial charge is 0.209 e. The smallest absolute Gasteiger partial charge is 0.159 e. The van der Waals surface area contributed by atoms with Gasteiger partial charge in [0.25, 0.3) is 0 Å². The molecule has 0 aliphatic heterocycles. The molecule has 1 aliphatic rings. The molecule has 0 atom stereocenters. The first-order chi connectivity index (χ1) is 20.0. The summed E-state index contributed by atoms with van der Waals surface area (Å²) in [5, 5.41) is 0. The molecule has 0 spiro atoms. The Labute approximate surface area is 244 Å². The summed E-state index contributed by atoms with van der Waals surface area (Å²) in [6.07, 6.45) is 10.6. The molecule has 0 unspecified atom stereocenters. The Hall–Kier alpha value is -3.80. The number of allylic oxidation sites excluding steroid dienone is 12. The van der Waals surface area contributed by atoms with Gasteiger partial charge in [0.2, 0.25) is 0 Å². The topological polar surface area (TPSA) is 0 Å². The zero-order valence-electron chi connectivity index (χ0n) is 24.1. The lowest BCUT2D eigenvalue weighted by molar-refractivity contribution is 0.508. The SMILES string of the molecule is C=C(/C=C\C(=C)c1ccc(CCCCC/C(=C/C(F)=C(\C)C2=CC(F)=C(F)CC2)CC)cc1F)c1ccc(F)c(F)c1. The van der Waals surface area contributed by atoms with Gasteiger partial charge in [0.1, 0.15) is 17.5 Å². The number of halogens is 6. The van der Waals surface area contributed by atoms with Crippen LogP contribution in [-0.4, -0.2) is 0 Å². The molecule has 0 saturated carbocycles. The van der Waals surface area contributed by atoms with Crippen LogP contribution in [0.4, 0.5) is 26.3 Å². The van der Waals surface area contributed by atoms with E-state index in [1.165, 1.54) is 18.2 Å². The average molecular weight is 583 g/mol. The Bertz CT molecular complexity index is 1480. The molecule has 222 valence electrons. The third-order valence-corrected chi connectivity index (χ3v) is 7.42. The zero-order valence-corrected chi connectivity index (χ0v) is 24.1. The molecule has 0 amide bonds. The number of benzene rings is 2. The highest BCUT2D eigenvalue weighted by molar-refractivity contribution is 5.79. The molecule has 0 aromatic heterocycles. The molecule has 2 aromatic rings. The Morgan fingerprint density at radius 1 is 0.833 bits per heavy atom. The molecule has 2 aromatic carbocycles. The van der Waals surface area contributed by atoms with Gasteiger partial charge in [-0.3, -0.25) is 0 Å². The summed E-state index contributed by atoms with van der Waals surface area (Å²) < 4.78 is 83.1. The molecule has 0 saturated heterocycles. The van der Waals surface area contributed by atoms with Crippen molar-refractivity contribution >= 4 is 11.1 Å². The van der Waals surface area contributed by atoms with E-state index in [0.717, 1.165) is 48.6 Å². The first kappa shape index (κ1) is 32.7. The van der Waals surface area contributed by atoms with Gasteiger partial charge in [-0.2, -0.15) is 0 Å². The summed E-state index contributed by atoms with van der Waals surface area (Å²) in [5.41, 5.74) is 4.22. The van der Waals surface area contributed by atoms with Gasteiger partial charge in [-0.05, 0) is 109 Å². The van der Waals surface area contributed by atoms with Crippen molar-refractivity contribution in [1.29, 1.82) is 0 Å². The van der Waals surface area contributed by atoms with Gasteiger partial charge in [0, 0.05) is 12.0 Å². The van der Waals surface area contributed by atoms with Crippen LogP contribution in [0.5, 0.6) is 0 Å². The van der Waals surface area contributed by atoms with Crippen molar-refractivity contribution in [3.63, 3.8) is 0 Å². The lowest BCUT2D eigenvalue weighted by Crippen LogP contribution is -1.97. The highest BCUT2D eigenvalue weighted by Crippen LogP contribution is 2.32. The number of unbranched alkanes of at least 4 members (excludes halogenated alkanes) is 2. The van der Waals surface area contributed by atoms with Crippen LogP contribution in [0.3, 0.4) is 0 Å². The number of aryl methyl sites for hydroxylation is 1. The summed E-state index contributed by atoms with van der Waals surface area (Å²) in [6.45, 7) is 11.3. The van der Waals surface area contributed by atoms with Gasteiger partial charge in [0.05, 0.1) is 0 Å². The second-order valence-electron chi connectivity index (χ2n) is 10.4. The van der Waals surface area contributed by atoms with Gasteiger partial charge in [0.15, 0.2) is 17.5 Å².